The summed E-state index contributed by atoms with van der Waals surface area (Å²) in [6.45, 7) is 3.09. The van der Waals surface area contributed by atoms with E-state index in [9.17, 15) is 9.59 Å². The molecular weight excluding hydrogens is 614 g/mol. The zero-order valence-corrected chi connectivity index (χ0v) is 27.3. The van der Waals surface area contributed by atoms with Crippen molar-refractivity contribution in [3.8, 4) is 22.5 Å². The molecule has 1 aliphatic heterocycles. The standard InChI is InChI=1S/C39H37N7O3/c1-2-3-13-35-40-32-19-18-28(37-36-33(47)20-21-34(36)49-46(37)24-25-9-5-4-6-10-25)22-31(32)39(48)45(35)23-26-14-16-27(17-15-26)29-11-7-8-12-30(29)38-41-43-44-42-38/h4-12,14-19,22,34,36-37H,2-3,13,20-21,23-24H2,1H3,(H,41,42,43,44)/t34-,36+,37-/m1/s1. The third-order valence-corrected chi connectivity index (χ3v) is 9.82. The Kier molecular flexibility index (Phi) is 8.40. The first-order chi connectivity index (χ1) is 24.1. The molecule has 8 rings (SSSR count). The second-order valence-corrected chi connectivity index (χ2v) is 13.0. The number of Topliss-reactive ketones (excluding diaryl/α,β-unsaturated/α-hetero) is 1. The molecule has 0 radical (unpaired) electrons. The van der Waals surface area contributed by atoms with E-state index >= 15 is 0 Å². The van der Waals surface area contributed by atoms with Crippen LogP contribution in [0.15, 0.2) is 102 Å². The number of aryl methyl sites for hydroxylation is 1. The predicted octanol–water partition coefficient (Wildman–Crippen LogP) is 6.47. The second-order valence-electron chi connectivity index (χ2n) is 13.0. The van der Waals surface area contributed by atoms with Crippen LogP contribution in [0.1, 0.15) is 61.2 Å². The number of hydrogen-bond donors (Lipinski definition) is 1. The summed E-state index contributed by atoms with van der Waals surface area (Å²) in [6, 6.07) is 32.0. The van der Waals surface area contributed by atoms with Crippen LogP contribution in [0.2, 0.25) is 0 Å². The van der Waals surface area contributed by atoms with Gasteiger partial charge in [-0.05, 0) is 58.0 Å². The number of nitrogens with zero attached hydrogens (tertiary/aromatic N) is 6. The first kappa shape index (κ1) is 31.0. The monoisotopic (exact) mass is 651 g/mol. The van der Waals surface area contributed by atoms with Gasteiger partial charge in [-0.1, -0.05) is 98.3 Å². The number of aromatic amines is 1. The van der Waals surface area contributed by atoms with E-state index in [4.69, 9.17) is 9.82 Å². The summed E-state index contributed by atoms with van der Waals surface area (Å²) >= 11 is 0. The quantitative estimate of drug-likeness (QED) is 0.179. The van der Waals surface area contributed by atoms with Crippen LogP contribution < -0.4 is 5.56 Å². The maximum Gasteiger partial charge on any atom is 0.261 e. The minimum Gasteiger partial charge on any atom is -0.299 e. The lowest BCUT2D eigenvalue weighted by Gasteiger charge is -2.26. The molecule has 0 spiro atoms. The molecule has 0 unspecified atom stereocenters. The first-order valence-corrected chi connectivity index (χ1v) is 17.0. The van der Waals surface area contributed by atoms with Crippen molar-refractivity contribution in [2.24, 2.45) is 5.92 Å². The Hall–Kier alpha value is -5.32. The molecular formula is C39H37N7O3. The Bertz CT molecular complexity index is 2160. The van der Waals surface area contributed by atoms with Crippen LogP contribution in [0.4, 0.5) is 0 Å². The van der Waals surface area contributed by atoms with Gasteiger partial charge < -0.3 is 0 Å². The molecule has 0 amide bonds. The molecule has 2 fully saturated rings. The van der Waals surface area contributed by atoms with Gasteiger partial charge in [-0.2, -0.15) is 10.3 Å². The largest absolute Gasteiger partial charge is 0.299 e. The van der Waals surface area contributed by atoms with Crippen LogP contribution in [0.3, 0.4) is 0 Å². The normalized spacial score (nSPS) is 19.1. The van der Waals surface area contributed by atoms with E-state index < -0.39 is 0 Å². The van der Waals surface area contributed by atoms with Gasteiger partial charge in [-0.3, -0.25) is 19.0 Å². The van der Waals surface area contributed by atoms with E-state index in [1.165, 1.54) is 0 Å². The molecule has 0 bridgehead atoms. The number of hydroxylamine groups is 2. The Morgan fingerprint density at radius 2 is 1.65 bits per heavy atom. The summed E-state index contributed by atoms with van der Waals surface area (Å²) < 4.78 is 1.82. The lowest BCUT2D eigenvalue weighted by atomic mass is 9.89. The van der Waals surface area contributed by atoms with Gasteiger partial charge in [0.05, 0.1) is 35.5 Å². The minimum absolute atomic E-state index is 0.0766. The zero-order chi connectivity index (χ0) is 33.3. The number of nitrogens with one attached hydrogen (secondary N) is 1. The molecule has 10 heteroatoms. The Morgan fingerprint density at radius 1 is 0.878 bits per heavy atom. The number of benzene rings is 4. The van der Waals surface area contributed by atoms with E-state index in [0.717, 1.165) is 58.5 Å². The van der Waals surface area contributed by atoms with Gasteiger partial charge >= 0.3 is 0 Å². The van der Waals surface area contributed by atoms with E-state index in [1.54, 1.807) is 0 Å². The molecule has 2 aliphatic rings. The molecule has 1 N–H and O–H groups in total. The van der Waals surface area contributed by atoms with Crippen molar-refractivity contribution in [1.82, 2.24) is 35.2 Å². The number of H-pyrrole nitrogens is 1. The third-order valence-electron chi connectivity index (χ3n) is 9.82. The van der Waals surface area contributed by atoms with Crippen LogP contribution in [-0.2, 0) is 29.1 Å². The number of unbranched alkanes of at least 4 members (excludes halogenated alkanes) is 1. The maximum absolute atomic E-state index is 14.4. The van der Waals surface area contributed by atoms with Crippen LogP contribution in [-0.4, -0.2) is 47.1 Å². The molecule has 1 saturated carbocycles. The highest BCUT2D eigenvalue weighted by molar-refractivity contribution is 5.86. The van der Waals surface area contributed by atoms with E-state index in [2.05, 4.69) is 63.9 Å². The highest BCUT2D eigenvalue weighted by atomic mass is 16.7. The lowest BCUT2D eigenvalue weighted by Crippen LogP contribution is -2.28. The molecule has 1 saturated heterocycles. The number of carbonyl (C=O) groups is 1. The summed E-state index contributed by atoms with van der Waals surface area (Å²) in [5.74, 6) is 1.27. The molecule has 6 aromatic rings. The fourth-order valence-corrected chi connectivity index (χ4v) is 7.36. The molecule has 1 aliphatic carbocycles. The fourth-order valence-electron chi connectivity index (χ4n) is 7.36. The molecule has 246 valence electrons. The summed E-state index contributed by atoms with van der Waals surface area (Å²) in [7, 11) is 0. The number of hydrogen-bond acceptors (Lipinski definition) is 8. The van der Waals surface area contributed by atoms with Gasteiger partial charge in [-0.15, -0.1) is 10.2 Å². The highest BCUT2D eigenvalue weighted by Crippen LogP contribution is 2.46. The van der Waals surface area contributed by atoms with Crippen molar-refractivity contribution >= 4 is 16.7 Å². The van der Waals surface area contributed by atoms with Gasteiger partial charge in [-0.25, -0.2) is 4.98 Å². The molecule has 10 nitrogen and oxygen atoms in total. The summed E-state index contributed by atoms with van der Waals surface area (Å²) in [5, 5.41) is 17.1. The highest BCUT2D eigenvalue weighted by Gasteiger charge is 2.51. The Labute approximate surface area is 283 Å². The number of ketones is 1. The summed E-state index contributed by atoms with van der Waals surface area (Å²) in [5.41, 5.74) is 6.50. The van der Waals surface area contributed by atoms with Crippen molar-refractivity contribution in [2.75, 3.05) is 0 Å². The number of tetrazole rings is 1. The van der Waals surface area contributed by atoms with Crippen LogP contribution in [0.5, 0.6) is 0 Å². The molecule has 2 aromatic heterocycles. The van der Waals surface area contributed by atoms with Crippen molar-refractivity contribution < 1.29 is 9.63 Å². The lowest BCUT2D eigenvalue weighted by molar-refractivity contribution is -0.171. The zero-order valence-electron chi connectivity index (χ0n) is 27.3. The van der Waals surface area contributed by atoms with Gasteiger partial charge in [0.1, 0.15) is 11.6 Å². The predicted molar refractivity (Wildman–Crippen MR) is 186 cm³/mol. The molecule has 4 aromatic carbocycles. The Balaban J connectivity index is 1.15. The smallest absolute Gasteiger partial charge is 0.261 e. The number of rotatable bonds is 10. The van der Waals surface area contributed by atoms with Gasteiger partial charge in [0.15, 0.2) is 0 Å². The average Bonchev–Trinajstić information content (AvgIpc) is 3.88. The van der Waals surface area contributed by atoms with Gasteiger partial charge in [0.2, 0.25) is 5.82 Å². The maximum atomic E-state index is 14.4. The fraction of sp³-hybridized carbons (Fsp3) is 0.282. The second kappa shape index (κ2) is 13.3. The van der Waals surface area contributed by atoms with Crippen molar-refractivity contribution in [2.45, 2.75) is 64.3 Å². The SMILES string of the molecule is CCCCc1nc2ccc([C@@H]3[C@H]4C(=O)CC[C@H]4ON3Cc3ccccc3)cc2c(=O)n1Cc1ccc(-c2ccccc2-c2nn[nH]n2)cc1. The Morgan fingerprint density at radius 3 is 2.43 bits per heavy atom. The van der Waals surface area contributed by atoms with Gasteiger partial charge in [0, 0.05) is 24.9 Å². The van der Waals surface area contributed by atoms with E-state index in [0.29, 0.717) is 42.7 Å². The van der Waals surface area contributed by atoms with Gasteiger partial charge in [0.25, 0.3) is 5.56 Å². The molecule has 3 heterocycles. The van der Waals surface area contributed by atoms with Crippen LogP contribution >= 0.6 is 0 Å². The minimum atomic E-state index is -0.278. The number of aromatic nitrogens is 6. The van der Waals surface area contributed by atoms with Crippen molar-refractivity contribution in [3.05, 3.63) is 130 Å². The number of fused-ring (bicyclic) bond motifs is 2. The third kappa shape index (κ3) is 5.98. The first-order valence-electron chi connectivity index (χ1n) is 17.0. The van der Waals surface area contributed by atoms with E-state index in [1.807, 2.05) is 70.3 Å². The average molecular weight is 652 g/mol. The molecule has 49 heavy (non-hydrogen) atoms. The summed E-state index contributed by atoms with van der Waals surface area (Å²) in [6.07, 6.45) is 3.73. The van der Waals surface area contributed by atoms with Crippen molar-refractivity contribution in [3.63, 3.8) is 0 Å². The van der Waals surface area contributed by atoms with Crippen LogP contribution in [0.25, 0.3) is 33.4 Å². The topological polar surface area (TPSA) is 119 Å². The van der Waals surface area contributed by atoms with Crippen molar-refractivity contribution in [1.29, 1.82) is 0 Å². The van der Waals surface area contributed by atoms with Crippen LogP contribution in [0, 0.1) is 5.92 Å². The van der Waals surface area contributed by atoms with E-state index in [-0.39, 0.29) is 29.4 Å². The summed E-state index contributed by atoms with van der Waals surface area (Å²) in [4.78, 5) is 39.0. The number of carbonyl (C=O) groups excluding carboxylic acids is 1. The molecule has 3 atom stereocenters.